The first kappa shape index (κ1) is 125. The van der Waals surface area contributed by atoms with Crippen LogP contribution < -0.4 is 0 Å². The highest BCUT2D eigenvalue weighted by molar-refractivity contribution is 6.76. The molecule has 0 saturated heterocycles. The molecular formula is C108H182O10Si. The number of fused-ring (bicyclic) bond motifs is 3. The quantitative estimate of drug-likeness (QED) is 0.0269. The van der Waals surface area contributed by atoms with Crippen molar-refractivity contribution in [2.45, 2.75) is 312 Å². The van der Waals surface area contributed by atoms with Gasteiger partial charge in [0.1, 0.15) is 25.6 Å². The van der Waals surface area contributed by atoms with Gasteiger partial charge in [-0.15, -0.1) is 6.58 Å². The van der Waals surface area contributed by atoms with Gasteiger partial charge in [0.2, 0.25) is 0 Å². The van der Waals surface area contributed by atoms with Crippen LogP contribution in [-0.4, -0.2) is 62.7 Å². The van der Waals surface area contributed by atoms with Crippen LogP contribution in [0.1, 0.15) is 293 Å². The summed E-state index contributed by atoms with van der Waals surface area (Å²) >= 11 is 0. The smallest absolute Gasteiger partial charge is 0.308 e. The number of ketones is 1. The van der Waals surface area contributed by atoms with Crippen molar-refractivity contribution in [3.05, 3.63) is 228 Å². The summed E-state index contributed by atoms with van der Waals surface area (Å²) in [6, 6.07) is 56.9. The summed E-state index contributed by atoms with van der Waals surface area (Å²) in [5.41, 5.74) is 11.2. The Kier molecular flexibility index (Phi) is 82.8. The molecular weight excluding hydrogens is 1490 g/mol. The van der Waals surface area contributed by atoms with E-state index >= 15 is 0 Å². The molecule has 11 heteroatoms. The maximum atomic E-state index is 11.7. The zero-order chi connectivity index (χ0) is 93.4. The van der Waals surface area contributed by atoms with E-state index < -0.39 is 8.07 Å². The molecule has 0 heterocycles. The van der Waals surface area contributed by atoms with Crippen molar-refractivity contribution in [2.24, 2.45) is 82.9 Å². The van der Waals surface area contributed by atoms with Gasteiger partial charge in [0, 0.05) is 19.9 Å². The number of aliphatic hydroxyl groups excluding tert-OH is 1. The zero-order valence-corrected chi connectivity index (χ0v) is 84.2. The summed E-state index contributed by atoms with van der Waals surface area (Å²) in [6.45, 7) is 86.4. The molecule has 119 heavy (non-hydrogen) atoms. The largest absolute Gasteiger partial charge is 0.465 e. The first-order chi connectivity index (χ1) is 55.3. The van der Waals surface area contributed by atoms with Gasteiger partial charge < -0.3 is 24.1 Å². The van der Waals surface area contributed by atoms with E-state index in [1.165, 1.54) is 64.3 Å². The van der Waals surface area contributed by atoms with Gasteiger partial charge >= 0.3 is 23.9 Å². The molecule has 0 aromatic heterocycles. The summed E-state index contributed by atoms with van der Waals surface area (Å²) in [7, 11) is -0.720. The molecule has 0 atom stereocenters. The van der Waals surface area contributed by atoms with Crippen LogP contribution in [0.15, 0.2) is 189 Å². The number of aliphatic hydroxyl groups is 1. The lowest BCUT2D eigenvalue weighted by molar-refractivity contribution is -0.149. The van der Waals surface area contributed by atoms with Crippen LogP contribution in [0.4, 0.5) is 0 Å². The van der Waals surface area contributed by atoms with Crippen LogP contribution in [-0.2, 0) is 69.0 Å². The molecule has 0 amide bonds. The maximum Gasteiger partial charge on any atom is 0.308 e. The molecule has 0 bridgehead atoms. The standard InChI is InChI=1S/C18H18O2.C11H14O2.C11H16O.C10H14.C8H16O2.C7H12O2.C7H18Si.C7H8.C6H12.C5H10O.2C5H12.2C4H10/c1-12(2)18(19)20-11-17-15-9-5-3-7-13(15)14-8-4-6-10-16(14)17;1-9(2)11(12)13-8-10-6-4-3-5-7-10;1-9(2)7-10-3-5-11(8-12)6-4-10;1-9(2)8-10-6-4-3-5-7-10;1-6(2)5-10-8(9)7(3)4;1-4-5-9-7(8)6(2)3;1-7(2)6-8(3,4)5;1-7-5-3-2-4-6-7;1-4-5-6(2)3;1-4(2)5(3)6;2*1-4-5(2)3;2*1-4(2)3/h3-10,12,17H,11H2,1-2H3;3-7,9H,8H2,1-2H3;3-6,9,12H,7-8H2,1-2H3;3-7,9H,8H2,1-2H3;6-7H,5H2,1-4H3;4,6H,1,5H2,2-3H3;7H,6H2,1-5H3;2-6H,1H3;4,6H,1,5H2,2-3H3;4H,1-3H3;2*5H,4H2,1-3H3;2*4H,1-3H3. The first-order valence-corrected chi connectivity index (χ1v) is 48.4. The molecule has 0 unspecified atom stereocenters. The van der Waals surface area contributed by atoms with E-state index in [0.717, 1.165) is 65.4 Å². The number of esters is 4. The Morgan fingerprint density at radius 2 is 0.689 bits per heavy atom. The van der Waals surface area contributed by atoms with E-state index in [4.69, 9.17) is 24.1 Å². The van der Waals surface area contributed by atoms with Gasteiger partial charge in [-0.1, -0.05) is 448 Å². The minimum absolute atomic E-state index is 0.00116. The van der Waals surface area contributed by atoms with Crippen molar-refractivity contribution < 1.29 is 48.0 Å². The molecule has 0 fully saturated rings. The van der Waals surface area contributed by atoms with Crippen LogP contribution in [0, 0.1) is 89.8 Å². The van der Waals surface area contributed by atoms with E-state index in [-0.39, 0.29) is 71.8 Å². The number of Topliss-reactive ketones (excluding diaryl/α,β-unsaturated/α-hetero) is 1. The zero-order valence-electron chi connectivity index (χ0n) is 83.2. The summed E-state index contributed by atoms with van der Waals surface area (Å²) in [4.78, 5) is 54.4. The van der Waals surface area contributed by atoms with Gasteiger partial charge in [0.25, 0.3) is 0 Å². The monoisotopic (exact) mass is 1670 g/mol. The fraction of sp³-hybridized carbons (Fsp3) is 0.583. The second-order valence-electron chi connectivity index (χ2n) is 37.2. The molecule has 0 radical (unpaired) electrons. The average molecular weight is 1670 g/mol. The summed E-state index contributed by atoms with van der Waals surface area (Å²) < 4.78 is 20.1. The van der Waals surface area contributed by atoms with Gasteiger partial charge in [-0.05, 0) is 131 Å². The summed E-state index contributed by atoms with van der Waals surface area (Å²) in [5, 5.41) is 8.81. The molecule has 1 N–H and O–H groups in total. The molecule has 0 saturated carbocycles. The van der Waals surface area contributed by atoms with Crippen LogP contribution >= 0.6 is 0 Å². The topological polar surface area (TPSA) is 142 Å². The molecule has 10 nitrogen and oxygen atoms in total. The molecule has 6 aromatic carbocycles. The van der Waals surface area contributed by atoms with Crippen LogP contribution in [0.2, 0.25) is 25.7 Å². The minimum atomic E-state index is -0.720. The maximum absolute atomic E-state index is 11.7. The molecule has 1 aliphatic carbocycles. The fourth-order valence-electron chi connectivity index (χ4n) is 8.82. The van der Waals surface area contributed by atoms with Gasteiger partial charge in [0.05, 0.1) is 36.9 Å². The Morgan fingerprint density at radius 3 is 0.950 bits per heavy atom. The second kappa shape index (κ2) is 79.0. The number of benzene rings is 6. The summed E-state index contributed by atoms with van der Waals surface area (Å²) in [5.74, 6) is 6.92. The second-order valence-corrected chi connectivity index (χ2v) is 42.8. The Balaban J connectivity index is -0.000000233. The highest BCUT2D eigenvalue weighted by Crippen LogP contribution is 2.44. The van der Waals surface area contributed by atoms with Crippen molar-refractivity contribution in [1.29, 1.82) is 0 Å². The van der Waals surface area contributed by atoms with Gasteiger partial charge in [0.15, 0.2) is 0 Å². The van der Waals surface area contributed by atoms with E-state index in [2.05, 4.69) is 269 Å². The van der Waals surface area contributed by atoms with Gasteiger partial charge in [-0.3, -0.25) is 24.0 Å². The number of hydrogen-bond acceptors (Lipinski definition) is 10. The number of aryl methyl sites for hydroxylation is 1. The van der Waals surface area contributed by atoms with Crippen molar-refractivity contribution in [1.82, 2.24) is 0 Å². The van der Waals surface area contributed by atoms with Crippen molar-refractivity contribution >= 4 is 37.7 Å². The van der Waals surface area contributed by atoms with E-state index in [1.54, 1.807) is 26.8 Å². The molecule has 0 aliphatic heterocycles. The Bertz CT molecular complexity index is 3270. The van der Waals surface area contributed by atoms with Crippen LogP contribution in [0.25, 0.3) is 11.1 Å². The van der Waals surface area contributed by atoms with Gasteiger partial charge in [-0.2, -0.15) is 0 Å². The molecule has 6 aromatic rings. The lowest BCUT2D eigenvalue weighted by Gasteiger charge is -2.17. The normalized spacial score (nSPS) is 10.6. The highest BCUT2D eigenvalue weighted by Gasteiger charge is 2.29. The highest BCUT2D eigenvalue weighted by atomic mass is 28.3. The van der Waals surface area contributed by atoms with Crippen molar-refractivity contribution in [3.63, 3.8) is 0 Å². The molecule has 1 aliphatic rings. The summed E-state index contributed by atoms with van der Waals surface area (Å²) in [6.07, 6.45) is 9.57. The molecule has 678 valence electrons. The van der Waals surface area contributed by atoms with E-state index in [0.29, 0.717) is 38.3 Å². The first-order valence-electron chi connectivity index (χ1n) is 44.7. The number of ether oxygens (including phenoxy) is 4. The SMILES string of the molecule is C=CCC(C)C.C=CCOC(=O)C(C)C.CC(=O)C(C)C.CC(C)C.CC(C)C.CC(C)C(=O)OCC1c2ccccc2-c2ccccc21.CC(C)C(=O)OCc1ccccc1.CC(C)COC(=O)C(C)C.CC(C)C[Si](C)(C)C.CC(C)Cc1ccc(CO)cc1.CC(C)Cc1ccccc1.CCC(C)C.CCC(C)C.Cc1ccccc1. The number of rotatable bonds is 24. The molecule has 7 rings (SSSR count). The van der Waals surface area contributed by atoms with E-state index in [1.807, 2.05) is 148 Å². The van der Waals surface area contributed by atoms with Gasteiger partial charge in [-0.25, -0.2) is 0 Å². The predicted molar refractivity (Wildman–Crippen MR) is 524 cm³/mol. The number of carbonyl (C=O) groups is 5. The number of carbonyl (C=O) groups excluding carboxylic acids is 5. The Morgan fingerprint density at radius 1 is 0.378 bits per heavy atom. The number of allylic oxidation sites excluding steroid dienone is 1. The molecule has 0 spiro atoms. The average Bonchev–Trinajstić information content (AvgIpc) is 1.62. The predicted octanol–water partition coefficient (Wildman–Crippen LogP) is 30.7. The number of hydrogen-bond donors (Lipinski definition) is 1. The lowest BCUT2D eigenvalue weighted by atomic mass is 9.98. The van der Waals surface area contributed by atoms with Crippen LogP contribution in [0.3, 0.4) is 0 Å². The Hall–Kier alpha value is -7.47. The van der Waals surface area contributed by atoms with Crippen molar-refractivity contribution in [2.75, 3.05) is 19.8 Å². The minimum Gasteiger partial charge on any atom is -0.465 e. The van der Waals surface area contributed by atoms with Crippen molar-refractivity contribution in [3.8, 4) is 11.1 Å². The fourth-order valence-corrected chi connectivity index (χ4v) is 11.3. The third kappa shape index (κ3) is 88.1. The van der Waals surface area contributed by atoms with Crippen LogP contribution in [0.5, 0.6) is 0 Å². The third-order valence-corrected chi connectivity index (χ3v) is 17.8. The van der Waals surface area contributed by atoms with E-state index in [9.17, 15) is 24.0 Å². The third-order valence-electron chi connectivity index (χ3n) is 15.7. The lowest BCUT2D eigenvalue weighted by Crippen LogP contribution is -2.21. The Labute approximate surface area is 735 Å².